The minimum Gasteiger partial charge on any atom is -0.480 e. The second-order valence-corrected chi connectivity index (χ2v) is 7.42. The van der Waals surface area contributed by atoms with Crippen LogP contribution >= 0.6 is 0 Å². The number of carbonyl (C=O) groups is 3. The fraction of sp³-hybridized carbons (Fsp3) is 0.217. The van der Waals surface area contributed by atoms with Crippen LogP contribution in [0.25, 0.3) is 5.69 Å². The lowest BCUT2D eigenvalue weighted by Gasteiger charge is -2.11. The van der Waals surface area contributed by atoms with Gasteiger partial charge in [0.25, 0.3) is 11.6 Å². The fourth-order valence-electron chi connectivity index (χ4n) is 3.33. The van der Waals surface area contributed by atoms with Crippen LogP contribution in [0.15, 0.2) is 42.6 Å². The lowest BCUT2D eigenvalue weighted by Crippen LogP contribution is -2.22. The number of ketones is 1. The first-order valence-electron chi connectivity index (χ1n) is 10.7. The molecule has 1 aromatic heterocycles. The third-order valence-corrected chi connectivity index (χ3v) is 5.00. The molecule has 0 radical (unpaired) electrons. The number of benzene rings is 2. The Kier molecular flexibility index (Phi) is 6.81. The lowest BCUT2D eigenvalue weighted by molar-refractivity contribution is -0.384. The molecule has 1 aliphatic rings. The van der Waals surface area contributed by atoms with Gasteiger partial charge in [-0.15, -0.1) is 0 Å². The van der Waals surface area contributed by atoms with Gasteiger partial charge in [0.2, 0.25) is 12.5 Å². The zero-order chi connectivity index (χ0) is 25.8. The first kappa shape index (κ1) is 24.2. The predicted molar refractivity (Wildman–Crippen MR) is 123 cm³/mol. The fourth-order valence-corrected chi connectivity index (χ4v) is 3.33. The van der Waals surface area contributed by atoms with Gasteiger partial charge in [-0.1, -0.05) is 0 Å². The molecule has 0 aliphatic carbocycles. The van der Waals surface area contributed by atoms with Gasteiger partial charge in [0.05, 0.1) is 29.1 Å². The monoisotopic (exact) mass is 496 g/mol. The van der Waals surface area contributed by atoms with E-state index in [1.54, 1.807) is 6.92 Å². The number of fused-ring (bicyclic) bond motifs is 1. The number of nitrogens with zero attached hydrogens (tertiary/aromatic N) is 3. The summed E-state index contributed by atoms with van der Waals surface area (Å²) in [5, 5.41) is 17.6. The van der Waals surface area contributed by atoms with E-state index in [0.29, 0.717) is 17.2 Å². The summed E-state index contributed by atoms with van der Waals surface area (Å²) in [5.74, 6) is -0.951. The number of esters is 1. The molecule has 3 aromatic rings. The smallest absolute Gasteiger partial charge is 0.362 e. The predicted octanol–water partition coefficient (Wildman–Crippen LogP) is 2.91. The summed E-state index contributed by atoms with van der Waals surface area (Å²) in [4.78, 5) is 47.4. The number of nitro benzene ring substituents is 1. The van der Waals surface area contributed by atoms with Crippen LogP contribution in [0.3, 0.4) is 0 Å². The van der Waals surface area contributed by atoms with Crippen molar-refractivity contribution >= 4 is 29.0 Å². The van der Waals surface area contributed by atoms with Crippen molar-refractivity contribution in [1.82, 2.24) is 9.78 Å². The molecular formula is C23H20N4O9. The number of hydrogen-bond acceptors (Lipinski definition) is 10. The van der Waals surface area contributed by atoms with E-state index >= 15 is 0 Å². The van der Waals surface area contributed by atoms with Crippen molar-refractivity contribution < 1.29 is 38.3 Å². The van der Waals surface area contributed by atoms with E-state index in [0.717, 1.165) is 0 Å². The van der Waals surface area contributed by atoms with Crippen LogP contribution in [-0.2, 0) is 9.53 Å². The topological polar surface area (TPSA) is 161 Å². The number of hydrogen-bond donors (Lipinski definition) is 1. The van der Waals surface area contributed by atoms with Crippen molar-refractivity contribution in [3.8, 4) is 22.9 Å². The number of non-ortho nitro benzene ring substituents is 1. The molecule has 13 heteroatoms. The van der Waals surface area contributed by atoms with Crippen LogP contribution in [0.4, 0.5) is 11.4 Å². The number of nitrogens with one attached hydrogen (secondary N) is 1. The number of ether oxygens (including phenoxy) is 4. The molecule has 1 N–H and O–H groups in total. The molecule has 186 valence electrons. The Morgan fingerprint density at radius 1 is 1.17 bits per heavy atom. The van der Waals surface area contributed by atoms with E-state index in [2.05, 4.69) is 10.4 Å². The highest BCUT2D eigenvalue weighted by molar-refractivity contribution is 6.05. The Balaban J connectivity index is 1.53. The first-order chi connectivity index (χ1) is 17.3. The summed E-state index contributed by atoms with van der Waals surface area (Å²) in [6.07, 6.45) is 1.35. The van der Waals surface area contributed by atoms with E-state index in [1.165, 1.54) is 54.2 Å². The first-order valence-corrected chi connectivity index (χ1v) is 10.7. The van der Waals surface area contributed by atoms with Gasteiger partial charge < -0.3 is 24.3 Å². The van der Waals surface area contributed by atoms with Crippen molar-refractivity contribution in [1.29, 1.82) is 0 Å². The molecule has 0 atom stereocenters. The molecule has 0 saturated carbocycles. The largest absolute Gasteiger partial charge is 0.480 e. The summed E-state index contributed by atoms with van der Waals surface area (Å²) >= 11 is 0. The number of amides is 1. The van der Waals surface area contributed by atoms with Crippen molar-refractivity contribution in [3.63, 3.8) is 0 Å². The zero-order valence-electron chi connectivity index (χ0n) is 19.2. The molecule has 0 fully saturated rings. The van der Waals surface area contributed by atoms with E-state index in [-0.39, 0.29) is 47.6 Å². The molecule has 2 heterocycles. The standard InChI is InChI=1S/C23H20N4O9/c1-3-33-23(30)22-20(10-26(25-22)14-4-6-15(7-5-14)27(31)32)34-11-21(29)24-17-9-19-18(35-12-36-19)8-16(17)13(2)28/h4-10H,3,11-12H2,1-2H3,(H,24,29). The normalized spacial score (nSPS) is 11.6. The molecule has 2 aromatic carbocycles. The average Bonchev–Trinajstić information content (AvgIpc) is 3.49. The van der Waals surface area contributed by atoms with E-state index in [4.69, 9.17) is 18.9 Å². The Bertz CT molecular complexity index is 1350. The summed E-state index contributed by atoms with van der Waals surface area (Å²) in [6, 6.07) is 8.42. The maximum Gasteiger partial charge on any atom is 0.362 e. The SMILES string of the molecule is CCOC(=O)c1nn(-c2ccc([N+](=O)[O-])cc2)cc1OCC(=O)Nc1cc2c(cc1C(C)=O)OCO2. The molecular weight excluding hydrogens is 476 g/mol. The second kappa shape index (κ2) is 10.1. The van der Waals surface area contributed by atoms with Gasteiger partial charge in [-0.05, 0) is 32.0 Å². The highest BCUT2D eigenvalue weighted by atomic mass is 16.7. The van der Waals surface area contributed by atoms with Crippen LogP contribution < -0.4 is 19.5 Å². The van der Waals surface area contributed by atoms with Gasteiger partial charge in [0.1, 0.15) is 0 Å². The maximum absolute atomic E-state index is 12.6. The summed E-state index contributed by atoms with van der Waals surface area (Å²) in [6.45, 7) is 2.53. The second-order valence-electron chi connectivity index (χ2n) is 7.42. The quantitative estimate of drug-likeness (QED) is 0.202. The number of aromatic nitrogens is 2. The highest BCUT2D eigenvalue weighted by Crippen LogP contribution is 2.37. The van der Waals surface area contributed by atoms with Crippen LogP contribution in [0.1, 0.15) is 34.7 Å². The number of carbonyl (C=O) groups excluding carboxylic acids is 3. The Labute approximate surface area is 203 Å². The Hall–Kier alpha value is -4.94. The lowest BCUT2D eigenvalue weighted by atomic mass is 10.1. The third kappa shape index (κ3) is 5.09. The molecule has 1 amide bonds. The summed E-state index contributed by atoms with van der Waals surface area (Å²) in [7, 11) is 0. The van der Waals surface area contributed by atoms with Gasteiger partial charge in [0, 0.05) is 23.8 Å². The number of nitro groups is 1. The van der Waals surface area contributed by atoms with Gasteiger partial charge in [0.15, 0.2) is 29.6 Å². The van der Waals surface area contributed by atoms with Gasteiger partial charge in [-0.2, -0.15) is 5.10 Å². The molecule has 1 aliphatic heterocycles. The van der Waals surface area contributed by atoms with E-state index in [1.807, 2.05) is 0 Å². The summed E-state index contributed by atoms with van der Waals surface area (Å²) in [5.41, 5.74) is 0.559. The number of rotatable bonds is 9. The third-order valence-electron chi connectivity index (χ3n) is 5.00. The average molecular weight is 496 g/mol. The minimum atomic E-state index is -0.775. The Morgan fingerprint density at radius 2 is 1.86 bits per heavy atom. The molecule has 13 nitrogen and oxygen atoms in total. The maximum atomic E-state index is 12.6. The van der Waals surface area contributed by atoms with Crippen molar-refractivity contribution in [3.05, 3.63) is 64.0 Å². The molecule has 0 bridgehead atoms. The zero-order valence-corrected chi connectivity index (χ0v) is 19.2. The van der Waals surface area contributed by atoms with Crippen molar-refractivity contribution in [2.24, 2.45) is 0 Å². The number of Topliss-reactive ketones (excluding diaryl/α,β-unsaturated/α-hetero) is 1. The van der Waals surface area contributed by atoms with Gasteiger partial charge >= 0.3 is 5.97 Å². The minimum absolute atomic E-state index is 0.00256. The van der Waals surface area contributed by atoms with Crippen LogP contribution in [0.5, 0.6) is 17.2 Å². The van der Waals surface area contributed by atoms with E-state index < -0.39 is 23.4 Å². The van der Waals surface area contributed by atoms with Crippen LogP contribution in [0, 0.1) is 10.1 Å². The van der Waals surface area contributed by atoms with Crippen LogP contribution in [0.2, 0.25) is 0 Å². The highest BCUT2D eigenvalue weighted by Gasteiger charge is 2.23. The molecule has 0 saturated heterocycles. The van der Waals surface area contributed by atoms with Crippen molar-refractivity contribution in [2.45, 2.75) is 13.8 Å². The molecule has 0 spiro atoms. The van der Waals surface area contributed by atoms with Gasteiger partial charge in [-0.3, -0.25) is 19.7 Å². The van der Waals surface area contributed by atoms with Crippen molar-refractivity contribution in [2.75, 3.05) is 25.3 Å². The number of anilines is 1. The van der Waals surface area contributed by atoms with Gasteiger partial charge in [-0.25, -0.2) is 9.48 Å². The van der Waals surface area contributed by atoms with Crippen LogP contribution in [-0.4, -0.2) is 52.4 Å². The molecule has 4 rings (SSSR count). The Morgan fingerprint density at radius 3 is 2.50 bits per heavy atom. The summed E-state index contributed by atoms with van der Waals surface area (Å²) < 4.78 is 22.4. The van der Waals surface area contributed by atoms with E-state index in [9.17, 15) is 24.5 Å². The molecule has 0 unspecified atom stereocenters. The molecule has 36 heavy (non-hydrogen) atoms.